The van der Waals surface area contributed by atoms with Gasteiger partial charge in [-0.3, -0.25) is 4.79 Å². The zero-order valence-corrected chi connectivity index (χ0v) is 5.94. The Morgan fingerprint density at radius 3 is 2.91 bits per heavy atom. The first-order valence-corrected chi connectivity index (χ1v) is 2.97. The highest BCUT2D eigenvalue weighted by Crippen LogP contribution is 2.16. The fourth-order valence-electron chi connectivity index (χ4n) is 0.649. The molecule has 0 amide bonds. The fourth-order valence-corrected chi connectivity index (χ4v) is 0.649. The second kappa shape index (κ2) is 3.01. The SMILES string of the molecule is COc1ccc(O)c(C=O)n1. The zero-order chi connectivity index (χ0) is 8.27. The van der Waals surface area contributed by atoms with Gasteiger partial charge in [-0.25, -0.2) is 4.98 Å². The minimum Gasteiger partial charge on any atom is -0.506 e. The fraction of sp³-hybridized carbons (Fsp3) is 0.143. The van der Waals surface area contributed by atoms with Crippen molar-refractivity contribution in [3.63, 3.8) is 0 Å². The van der Waals surface area contributed by atoms with E-state index in [9.17, 15) is 4.79 Å². The Morgan fingerprint density at radius 2 is 2.36 bits per heavy atom. The van der Waals surface area contributed by atoms with Gasteiger partial charge in [0.1, 0.15) is 11.4 Å². The average Bonchev–Trinajstić information content (AvgIpc) is 2.05. The standard InChI is InChI=1S/C7H7NO3/c1-11-7-3-2-6(10)5(4-9)8-7/h2-4,10H,1H3. The zero-order valence-electron chi connectivity index (χ0n) is 5.94. The molecular weight excluding hydrogens is 146 g/mol. The molecule has 0 saturated carbocycles. The summed E-state index contributed by atoms with van der Waals surface area (Å²) in [5, 5.41) is 8.98. The third-order valence-electron chi connectivity index (χ3n) is 1.20. The predicted octanol–water partition coefficient (Wildman–Crippen LogP) is 0.608. The molecule has 0 aliphatic rings. The number of pyridine rings is 1. The second-order valence-electron chi connectivity index (χ2n) is 1.88. The lowest BCUT2D eigenvalue weighted by Crippen LogP contribution is -1.91. The van der Waals surface area contributed by atoms with Crippen LogP contribution in [0.3, 0.4) is 0 Å². The van der Waals surface area contributed by atoms with E-state index in [2.05, 4.69) is 4.98 Å². The molecule has 4 heteroatoms. The van der Waals surface area contributed by atoms with Gasteiger partial charge in [0.2, 0.25) is 5.88 Å². The maximum Gasteiger partial charge on any atom is 0.213 e. The normalized spacial score (nSPS) is 9.18. The van der Waals surface area contributed by atoms with Gasteiger partial charge in [-0.15, -0.1) is 0 Å². The summed E-state index contributed by atoms with van der Waals surface area (Å²) in [5.74, 6) is 0.172. The number of aromatic hydroxyl groups is 1. The first kappa shape index (κ1) is 7.53. The van der Waals surface area contributed by atoms with Crippen LogP contribution in [0, 0.1) is 0 Å². The van der Waals surface area contributed by atoms with Crippen molar-refractivity contribution in [2.45, 2.75) is 0 Å². The lowest BCUT2D eigenvalue weighted by molar-refractivity contribution is 0.111. The summed E-state index contributed by atoms with van der Waals surface area (Å²) in [4.78, 5) is 13.9. The minimum absolute atomic E-state index is 0.00986. The molecule has 0 atom stereocenters. The number of nitrogens with zero attached hydrogens (tertiary/aromatic N) is 1. The van der Waals surface area contributed by atoms with Crippen molar-refractivity contribution in [2.24, 2.45) is 0 Å². The summed E-state index contributed by atoms with van der Waals surface area (Å²) in [7, 11) is 1.44. The first-order chi connectivity index (χ1) is 5.27. The van der Waals surface area contributed by atoms with Crippen molar-refractivity contribution < 1.29 is 14.6 Å². The summed E-state index contributed by atoms with van der Waals surface area (Å²) in [5.41, 5.74) is -0.00986. The van der Waals surface area contributed by atoms with Crippen molar-refractivity contribution in [3.8, 4) is 11.6 Å². The summed E-state index contributed by atoms with van der Waals surface area (Å²) in [6.07, 6.45) is 0.470. The molecule has 0 radical (unpaired) electrons. The lowest BCUT2D eigenvalue weighted by atomic mass is 10.3. The Balaban J connectivity index is 3.12. The Kier molecular flexibility index (Phi) is 2.06. The van der Waals surface area contributed by atoms with E-state index >= 15 is 0 Å². The van der Waals surface area contributed by atoms with Crippen LogP contribution in [0.5, 0.6) is 11.6 Å². The third-order valence-corrected chi connectivity index (χ3v) is 1.20. The highest BCUT2D eigenvalue weighted by atomic mass is 16.5. The van der Waals surface area contributed by atoms with Gasteiger partial charge < -0.3 is 9.84 Å². The summed E-state index contributed by atoms with van der Waals surface area (Å²) in [6.45, 7) is 0. The van der Waals surface area contributed by atoms with Crippen LogP contribution in [0.2, 0.25) is 0 Å². The first-order valence-electron chi connectivity index (χ1n) is 2.97. The Morgan fingerprint density at radius 1 is 1.64 bits per heavy atom. The van der Waals surface area contributed by atoms with Crippen LogP contribution in [0.25, 0.3) is 0 Å². The van der Waals surface area contributed by atoms with Gasteiger partial charge in [0.25, 0.3) is 0 Å². The van der Waals surface area contributed by atoms with E-state index < -0.39 is 0 Å². The third kappa shape index (κ3) is 1.46. The van der Waals surface area contributed by atoms with Crippen LogP contribution in [0.15, 0.2) is 12.1 Å². The predicted molar refractivity (Wildman–Crippen MR) is 37.8 cm³/mol. The number of carbonyl (C=O) groups excluding carboxylic acids is 1. The van der Waals surface area contributed by atoms with E-state index in [4.69, 9.17) is 9.84 Å². The Labute approximate surface area is 63.5 Å². The van der Waals surface area contributed by atoms with Crippen molar-refractivity contribution in [3.05, 3.63) is 17.8 Å². The van der Waals surface area contributed by atoms with E-state index in [-0.39, 0.29) is 11.4 Å². The number of hydrogen-bond acceptors (Lipinski definition) is 4. The quantitative estimate of drug-likeness (QED) is 0.632. The number of aromatic nitrogens is 1. The second-order valence-corrected chi connectivity index (χ2v) is 1.88. The molecular formula is C7H7NO3. The molecule has 11 heavy (non-hydrogen) atoms. The van der Waals surface area contributed by atoms with Gasteiger partial charge in [0.05, 0.1) is 7.11 Å². The largest absolute Gasteiger partial charge is 0.506 e. The average molecular weight is 153 g/mol. The molecule has 0 aromatic carbocycles. The molecule has 4 nitrogen and oxygen atoms in total. The number of methoxy groups -OCH3 is 1. The van der Waals surface area contributed by atoms with Crippen LogP contribution in [-0.2, 0) is 0 Å². The number of rotatable bonds is 2. The molecule has 0 aliphatic carbocycles. The van der Waals surface area contributed by atoms with Crippen LogP contribution in [0.4, 0.5) is 0 Å². The van der Waals surface area contributed by atoms with E-state index in [1.807, 2.05) is 0 Å². The number of ether oxygens (including phenoxy) is 1. The maximum atomic E-state index is 10.2. The van der Waals surface area contributed by atoms with E-state index in [1.165, 1.54) is 19.2 Å². The van der Waals surface area contributed by atoms with Crippen molar-refractivity contribution >= 4 is 6.29 Å². The number of aldehydes is 1. The summed E-state index contributed by atoms with van der Waals surface area (Å²) in [6, 6.07) is 2.83. The van der Waals surface area contributed by atoms with Crippen molar-refractivity contribution in [1.82, 2.24) is 4.98 Å². The molecule has 1 heterocycles. The summed E-state index contributed by atoms with van der Waals surface area (Å²) >= 11 is 0. The van der Waals surface area contributed by atoms with Gasteiger partial charge in [-0.05, 0) is 6.07 Å². The summed E-state index contributed by atoms with van der Waals surface area (Å²) < 4.78 is 4.73. The maximum absolute atomic E-state index is 10.2. The highest BCUT2D eigenvalue weighted by molar-refractivity contribution is 5.76. The number of hydrogen-bond donors (Lipinski definition) is 1. The smallest absolute Gasteiger partial charge is 0.213 e. The molecule has 1 rings (SSSR count). The number of carbonyl (C=O) groups is 1. The van der Waals surface area contributed by atoms with E-state index in [0.29, 0.717) is 12.2 Å². The van der Waals surface area contributed by atoms with E-state index in [0.717, 1.165) is 0 Å². The molecule has 0 spiro atoms. The topological polar surface area (TPSA) is 59.4 Å². The van der Waals surface area contributed by atoms with Gasteiger partial charge in [-0.2, -0.15) is 0 Å². The molecule has 0 unspecified atom stereocenters. The molecule has 1 aromatic rings. The highest BCUT2D eigenvalue weighted by Gasteiger charge is 2.01. The molecule has 0 aliphatic heterocycles. The minimum atomic E-state index is -0.138. The molecule has 0 fully saturated rings. The van der Waals surface area contributed by atoms with Gasteiger partial charge in [0.15, 0.2) is 6.29 Å². The van der Waals surface area contributed by atoms with Crippen LogP contribution < -0.4 is 4.74 Å². The van der Waals surface area contributed by atoms with E-state index in [1.54, 1.807) is 0 Å². The van der Waals surface area contributed by atoms with Gasteiger partial charge in [-0.1, -0.05) is 0 Å². The van der Waals surface area contributed by atoms with Gasteiger partial charge in [0, 0.05) is 6.07 Å². The molecule has 58 valence electrons. The van der Waals surface area contributed by atoms with Crippen LogP contribution in [-0.4, -0.2) is 23.5 Å². The van der Waals surface area contributed by atoms with Crippen molar-refractivity contribution in [2.75, 3.05) is 7.11 Å². The van der Waals surface area contributed by atoms with Crippen LogP contribution >= 0.6 is 0 Å². The molecule has 0 bridgehead atoms. The molecule has 0 saturated heterocycles. The van der Waals surface area contributed by atoms with Crippen molar-refractivity contribution in [1.29, 1.82) is 0 Å². The molecule has 1 N–H and O–H groups in total. The Hall–Kier alpha value is -1.58. The van der Waals surface area contributed by atoms with Crippen LogP contribution in [0.1, 0.15) is 10.5 Å². The monoisotopic (exact) mass is 153 g/mol. The lowest BCUT2D eigenvalue weighted by Gasteiger charge is -1.99. The molecule has 1 aromatic heterocycles. The van der Waals surface area contributed by atoms with Gasteiger partial charge >= 0.3 is 0 Å². The Bertz CT molecular complexity index is 272.